The van der Waals surface area contributed by atoms with Crippen molar-refractivity contribution >= 4 is 17.6 Å². The summed E-state index contributed by atoms with van der Waals surface area (Å²) >= 11 is 5.77. The van der Waals surface area contributed by atoms with Gasteiger partial charge >= 0.3 is 11.5 Å². The summed E-state index contributed by atoms with van der Waals surface area (Å²) in [6, 6.07) is 4.35. The van der Waals surface area contributed by atoms with Crippen molar-refractivity contribution in [3.8, 4) is 11.6 Å². The van der Waals surface area contributed by atoms with Gasteiger partial charge in [-0.1, -0.05) is 11.6 Å². The fourth-order valence-corrected chi connectivity index (χ4v) is 2.15. The minimum atomic E-state index is -1.19. The third kappa shape index (κ3) is 2.75. The zero-order valence-corrected chi connectivity index (χ0v) is 11.6. The van der Waals surface area contributed by atoms with Crippen molar-refractivity contribution in [2.45, 2.75) is 18.9 Å². The van der Waals surface area contributed by atoms with Gasteiger partial charge in [-0.05, 0) is 31.0 Å². The number of hydrogen-bond acceptors (Lipinski definition) is 4. The van der Waals surface area contributed by atoms with Crippen LogP contribution in [0, 0.1) is 0 Å². The molecule has 0 radical (unpaired) electrons. The van der Waals surface area contributed by atoms with Gasteiger partial charge in [0.1, 0.15) is 11.3 Å². The van der Waals surface area contributed by atoms with Crippen LogP contribution < -0.4 is 10.3 Å². The lowest BCUT2D eigenvalue weighted by molar-refractivity contribution is 0.0694. The number of aromatic carboxylic acids is 1. The molecule has 0 bridgehead atoms. The molecule has 1 aliphatic carbocycles. The Hall–Kier alpha value is -2.34. The second-order valence-corrected chi connectivity index (χ2v) is 5.16. The summed E-state index contributed by atoms with van der Waals surface area (Å²) in [4.78, 5) is 27.3. The maximum atomic E-state index is 12.2. The molecule has 1 aliphatic rings. The lowest BCUT2D eigenvalue weighted by atomic mass is 10.2. The number of aromatic nitrogens is 2. The standard InChI is InChI=1S/C14H11ClN2O4/c15-8-1-4-11(10(7-8)14(19)20)21-12-13(18)17(6-5-16-12)9-2-3-9/h1,4-7,9H,2-3H2,(H,19,20). The maximum absolute atomic E-state index is 12.2. The second-order valence-electron chi connectivity index (χ2n) is 4.72. The summed E-state index contributed by atoms with van der Waals surface area (Å²) in [5.74, 6) is -1.30. The third-order valence-corrected chi connectivity index (χ3v) is 3.39. The molecule has 3 rings (SSSR count). The summed E-state index contributed by atoms with van der Waals surface area (Å²) < 4.78 is 6.95. The Kier molecular flexibility index (Phi) is 3.39. The lowest BCUT2D eigenvalue weighted by Crippen LogP contribution is -2.20. The van der Waals surface area contributed by atoms with E-state index in [1.54, 1.807) is 10.8 Å². The molecule has 1 aromatic carbocycles. The molecule has 21 heavy (non-hydrogen) atoms. The van der Waals surface area contributed by atoms with E-state index in [9.17, 15) is 9.59 Å². The van der Waals surface area contributed by atoms with Crippen molar-refractivity contribution in [1.82, 2.24) is 9.55 Å². The lowest BCUT2D eigenvalue weighted by Gasteiger charge is -2.09. The molecule has 1 N–H and O–H groups in total. The number of carboxylic acid groups (broad SMARTS) is 1. The highest BCUT2D eigenvalue weighted by Crippen LogP contribution is 2.33. The van der Waals surface area contributed by atoms with Gasteiger partial charge < -0.3 is 14.4 Å². The predicted molar refractivity (Wildman–Crippen MR) is 75.3 cm³/mol. The highest BCUT2D eigenvalue weighted by molar-refractivity contribution is 6.31. The van der Waals surface area contributed by atoms with Crippen molar-refractivity contribution in [2.24, 2.45) is 0 Å². The first-order chi connectivity index (χ1) is 10.1. The molecule has 0 saturated heterocycles. The summed E-state index contributed by atoms with van der Waals surface area (Å²) in [7, 11) is 0. The molecule has 0 aliphatic heterocycles. The molecular formula is C14H11ClN2O4. The zero-order valence-electron chi connectivity index (χ0n) is 10.8. The van der Waals surface area contributed by atoms with E-state index in [0.717, 1.165) is 12.8 Å². The number of nitrogens with zero attached hydrogens (tertiary/aromatic N) is 2. The van der Waals surface area contributed by atoms with E-state index in [1.807, 2.05) is 0 Å². The minimum Gasteiger partial charge on any atom is -0.478 e. The molecule has 6 nitrogen and oxygen atoms in total. The van der Waals surface area contributed by atoms with Crippen LogP contribution in [0.15, 0.2) is 35.4 Å². The Balaban J connectivity index is 1.99. The van der Waals surface area contributed by atoms with Gasteiger partial charge in [0.15, 0.2) is 0 Å². The van der Waals surface area contributed by atoms with Crippen LogP contribution in [0.2, 0.25) is 5.02 Å². The van der Waals surface area contributed by atoms with E-state index in [4.69, 9.17) is 21.4 Å². The average molecular weight is 307 g/mol. The Bertz CT molecular complexity index is 768. The molecule has 1 aromatic heterocycles. The Morgan fingerprint density at radius 2 is 2.19 bits per heavy atom. The van der Waals surface area contributed by atoms with Crippen molar-refractivity contribution in [3.05, 3.63) is 51.5 Å². The highest BCUT2D eigenvalue weighted by atomic mass is 35.5. The quantitative estimate of drug-likeness (QED) is 0.939. The Morgan fingerprint density at radius 3 is 2.86 bits per heavy atom. The van der Waals surface area contributed by atoms with E-state index < -0.39 is 5.97 Å². The number of benzene rings is 1. The summed E-state index contributed by atoms with van der Waals surface area (Å²) in [5.41, 5.74) is -0.489. The van der Waals surface area contributed by atoms with E-state index in [0.29, 0.717) is 0 Å². The second kappa shape index (κ2) is 5.21. The van der Waals surface area contributed by atoms with Crippen molar-refractivity contribution < 1.29 is 14.6 Å². The number of carboxylic acids is 1. The van der Waals surface area contributed by atoms with Crippen LogP contribution in [0.5, 0.6) is 11.6 Å². The van der Waals surface area contributed by atoms with E-state index >= 15 is 0 Å². The van der Waals surface area contributed by atoms with Crippen molar-refractivity contribution in [3.63, 3.8) is 0 Å². The number of ether oxygens (including phenoxy) is 1. The molecule has 0 unspecified atom stereocenters. The van der Waals surface area contributed by atoms with E-state index in [1.165, 1.54) is 24.4 Å². The Morgan fingerprint density at radius 1 is 1.43 bits per heavy atom. The van der Waals surface area contributed by atoms with Gasteiger partial charge in [-0.25, -0.2) is 9.78 Å². The van der Waals surface area contributed by atoms with Crippen LogP contribution in [0.25, 0.3) is 0 Å². The first-order valence-corrected chi connectivity index (χ1v) is 6.72. The van der Waals surface area contributed by atoms with Crippen LogP contribution in [0.1, 0.15) is 29.2 Å². The molecule has 108 valence electrons. The molecule has 7 heteroatoms. The average Bonchev–Trinajstić information content (AvgIpc) is 3.27. The molecule has 0 amide bonds. The molecule has 0 spiro atoms. The molecular weight excluding hydrogens is 296 g/mol. The predicted octanol–water partition coefficient (Wildman–Crippen LogP) is 2.72. The van der Waals surface area contributed by atoms with Crippen LogP contribution in [0.4, 0.5) is 0 Å². The Labute approximate surface area is 124 Å². The van der Waals surface area contributed by atoms with Gasteiger partial charge in [-0.2, -0.15) is 0 Å². The fourth-order valence-electron chi connectivity index (χ4n) is 1.98. The van der Waals surface area contributed by atoms with Gasteiger partial charge in [-0.3, -0.25) is 4.79 Å². The van der Waals surface area contributed by atoms with Crippen LogP contribution in [0.3, 0.4) is 0 Å². The van der Waals surface area contributed by atoms with E-state index in [-0.39, 0.29) is 33.8 Å². The van der Waals surface area contributed by atoms with E-state index in [2.05, 4.69) is 4.98 Å². The number of carbonyl (C=O) groups is 1. The summed E-state index contributed by atoms with van der Waals surface area (Å²) in [5, 5.41) is 9.42. The first kappa shape index (κ1) is 13.6. The number of hydrogen-bond donors (Lipinski definition) is 1. The van der Waals surface area contributed by atoms with Crippen LogP contribution in [-0.4, -0.2) is 20.6 Å². The normalized spacial score (nSPS) is 14.0. The molecule has 1 heterocycles. The van der Waals surface area contributed by atoms with Crippen molar-refractivity contribution in [1.29, 1.82) is 0 Å². The van der Waals surface area contributed by atoms with Gasteiger partial charge in [0.05, 0.1) is 0 Å². The SMILES string of the molecule is O=C(O)c1cc(Cl)ccc1Oc1nccn(C2CC2)c1=O. The zero-order chi connectivity index (χ0) is 15.0. The topological polar surface area (TPSA) is 81.4 Å². The maximum Gasteiger partial charge on any atom is 0.339 e. The van der Waals surface area contributed by atoms with Gasteiger partial charge in [0.2, 0.25) is 0 Å². The summed E-state index contributed by atoms with van der Waals surface area (Å²) in [6.07, 6.45) is 4.97. The van der Waals surface area contributed by atoms with Crippen LogP contribution >= 0.6 is 11.6 Å². The third-order valence-electron chi connectivity index (χ3n) is 3.16. The molecule has 1 fully saturated rings. The monoisotopic (exact) mass is 306 g/mol. The number of halogens is 1. The minimum absolute atomic E-state index is 0.0325. The van der Waals surface area contributed by atoms with Crippen molar-refractivity contribution in [2.75, 3.05) is 0 Å². The van der Waals surface area contributed by atoms with Gasteiger partial charge in [0, 0.05) is 23.5 Å². The van der Waals surface area contributed by atoms with Gasteiger partial charge in [0.25, 0.3) is 5.88 Å². The fraction of sp³-hybridized carbons (Fsp3) is 0.214. The summed E-state index contributed by atoms with van der Waals surface area (Å²) in [6.45, 7) is 0. The molecule has 2 aromatic rings. The molecule has 1 saturated carbocycles. The van der Waals surface area contributed by atoms with Crippen LogP contribution in [-0.2, 0) is 0 Å². The van der Waals surface area contributed by atoms with Gasteiger partial charge in [-0.15, -0.1) is 0 Å². The largest absolute Gasteiger partial charge is 0.478 e. The molecule has 0 atom stereocenters. The number of rotatable bonds is 4. The highest BCUT2D eigenvalue weighted by Gasteiger charge is 2.26. The smallest absolute Gasteiger partial charge is 0.339 e. The first-order valence-electron chi connectivity index (χ1n) is 6.34.